The number of carbonyl (C=O) groups excluding carboxylic acids is 1. The van der Waals surface area contributed by atoms with Crippen LogP contribution >= 0.6 is 11.6 Å². The summed E-state index contributed by atoms with van der Waals surface area (Å²) in [6, 6.07) is 6.07. The van der Waals surface area contributed by atoms with E-state index < -0.39 is 0 Å². The van der Waals surface area contributed by atoms with Gasteiger partial charge in [-0.2, -0.15) is 5.26 Å². The number of halogens is 1. The number of rotatable bonds is 3. The maximum atomic E-state index is 12.6. The summed E-state index contributed by atoms with van der Waals surface area (Å²) in [7, 11) is 0. The van der Waals surface area contributed by atoms with Gasteiger partial charge in [0.1, 0.15) is 0 Å². The van der Waals surface area contributed by atoms with E-state index in [1.54, 1.807) is 12.3 Å². The molecule has 2 atom stereocenters. The monoisotopic (exact) mass is 395 g/mol. The number of nitriles is 1. The van der Waals surface area contributed by atoms with Crippen molar-refractivity contribution in [1.29, 1.82) is 5.26 Å². The van der Waals surface area contributed by atoms with E-state index in [-0.39, 0.29) is 18.0 Å². The topological polar surface area (TPSA) is 91.1 Å². The molecule has 0 spiro atoms. The van der Waals surface area contributed by atoms with Gasteiger partial charge in [-0.15, -0.1) is 0 Å². The zero-order valence-corrected chi connectivity index (χ0v) is 15.9. The Bertz CT molecular complexity index is 1010. The highest BCUT2D eigenvalue weighted by Crippen LogP contribution is 2.31. The van der Waals surface area contributed by atoms with E-state index in [0.717, 1.165) is 36.1 Å². The summed E-state index contributed by atoms with van der Waals surface area (Å²) < 4.78 is 5.41. The number of nitrogens with zero attached hydrogens (tertiary/aromatic N) is 4. The summed E-state index contributed by atoms with van der Waals surface area (Å²) in [4.78, 5) is 23.4. The van der Waals surface area contributed by atoms with Crippen molar-refractivity contribution in [2.45, 2.75) is 37.9 Å². The van der Waals surface area contributed by atoms with Crippen LogP contribution in [0.1, 0.15) is 39.2 Å². The zero-order valence-electron chi connectivity index (χ0n) is 15.1. The summed E-state index contributed by atoms with van der Waals surface area (Å²) in [5.74, 6) is 0.497. The van der Waals surface area contributed by atoms with Crippen LogP contribution in [0.25, 0.3) is 0 Å². The number of ether oxygens (including phenoxy) is 1. The molecule has 0 bridgehead atoms. The number of fused-ring (bicyclic) bond motifs is 2. The average molecular weight is 396 g/mol. The number of hydrogen-bond acceptors (Lipinski definition) is 6. The lowest BCUT2D eigenvalue weighted by Crippen LogP contribution is -2.35. The molecule has 1 aromatic carbocycles. The third kappa shape index (κ3) is 2.89. The Hall–Kier alpha value is -2.69. The Morgan fingerprint density at radius 2 is 2.25 bits per heavy atom. The first-order valence-corrected chi connectivity index (χ1v) is 9.72. The first-order valence-electron chi connectivity index (χ1n) is 9.35. The number of aromatic nitrogens is 2. The fourth-order valence-corrected chi connectivity index (χ4v) is 4.56. The van der Waals surface area contributed by atoms with Crippen molar-refractivity contribution in [2.24, 2.45) is 0 Å². The van der Waals surface area contributed by atoms with Crippen LogP contribution in [0.3, 0.4) is 0 Å². The predicted octanol–water partition coefficient (Wildman–Crippen LogP) is 2.33. The Morgan fingerprint density at radius 1 is 1.36 bits per heavy atom. The smallest absolute Gasteiger partial charge is 0.258 e. The fraction of sp³-hybridized carbons (Fsp3) is 0.400. The van der Waals surface area contributed by atoms with Crippen molar-refractivity contribution in [1.82, 2.24) is 14.9 Å². The molecule has 0 saturated carbocycles. The second-order valence-electron chi connectivity index (χ2n) is 7.46. The molecule has 1 unspecified atom stereocenters. The molecular weight excluding hydrogens is 378 g/mol. The molecule has 142 valence electrons. The number of nitrogens with one attached hydrogen (secondary N) is 1. The molecule has 1 aliphatic carbocycles. The number of anilines is 1. The second-order valence-corrected chi connectivity index (χ2v) is 7.89. The molecule has 1 saturated heterocycles. The average Bonchev–Trinajstić information content (AvgIpc) is 3.40. The standard InChI is InChI=1S/C20H18ClN5O2/c21-13-3-11-5-14(6-16(11)12(4-13)7-22)24-20-23-8-17-18(25-20)9-26(19(17)27)15-1-2-28-10-15/h3-4,8,14-15H,1-2,5-6,9-10H2,(H,23,24,25)/t14-,15?/m1/s1. The van der Waals surface area contributed by atoms with Gasteiger partial charge in [-0.3, -0.25) is 4.79 Å². The van der Waals surface area contributed by atoms with Gasteiger partial charge >= 0.3 is 0 Å². The summed E-state index contributed by atoms with van der Waals surface area (Å²) in [6.07, 6.45) is 3.96. The largest absolute Gasteiger partial charge is 0.379 e. The summed E-state index contributed by atoms with van der Waals surface area (Å²) in [5, 5.41) is 13.3. The minimum absolute atomic E-state index is 0.0152. The van der Waals surface area contributed by atoms with Gasteiger partial charge in [-0.1, -0.05) is 11.6 Å². The molecule has 3 heterocycles. The first-order chi connectivity index (χ1) is 13.6. The summed E-state index contributed by atoms with van der Waals surface area (Å²) in [6.45, 7) is 1.78. The van der Waals surface area contributed by atoms with Crippen LogP contribution in [-0.4, -0.2) is 46.1 Å². The van der Waals surface area contributed by atoms with E-state index in [1.807, 2.05) is 11.0 Å². The second kappa shape index (κ2) is 6.73. The quantitative estimate of drug-likeness (QED) is 0.857. The van der Waals surface area contributed by atoms with Gasteiger partial charge in [0.05, 0.1) is 42.1 Å². The Balaban J connectivity index is 1.33. The molecule has 1 amide bonds. The summed E-state index contributed by atoms with van der Waals surface area (Å²) >= 11 is 6.12. The lowest BCUT2D eigenvalue weighted by Gasteiger charge is -2.21. The maximum absolute atomic E-state index is 12.6. The molecule has 5 rings (SSSR count). The van der Waals surface area contributed by atoms with E-state index in [2.05, 4.69) is 21.4 Å². The van der Waals surface area contributed by atoms with Crippen LogP contribution in [0.5, 0.6) is 0 Å². The minimum Gasteiger partial charge on any atom is -0.379 e. The number of amides is 1. The Kier molecular flexibility index (Phi) is 4.18. The lowest BCUT2D eigenvalue weighted by molar-refractivity contribution is 0.0678. The van der Waals surface area contributed by atoms with Crippen LogP contribution in [0, 0.1) is 11.3 Å². The summed E-state index contributed by atoms with van der Waals surface area (Å²) in [5.41, 5.74) is 4.08. The molecule has 7 nitrogen and oxygen atoms in total. The van der Waals surface area contributed by atoms with E-state index >= 15 is 0 Å². The third-order valence-corrected chi connectivity index (χ3v) is 5.92. The van der Waals surface area contributed by atoms with E-state index in [4.69, 9.17) is 16.3 Å². The van der Waals surface area contributed by atoms with Crippen LogP contribution in [-0.2, 0) is 24.1 Å². The predicted molar refractivity (Wildman–Crippen MR) is 102 cm³/mol. The van der Waals surface area contributed by atoms with Gasteiger partial charge in [-0.25, -0.2) is 9.97 Å². The molecule has 8 heteroatoms. The van der Waals surface area contributed by atoms with Gasteiger partial charge < -0.3 is 15.0 Å². The van der Waals surface area contributed by atoms with Crippen molar-refractivity contribution < 1.29 is 9.53 Å². The number of benzene rings is 1. The van der Waals surface area contributed by atoms with Gasteiger partial charge in [-0.05, 0) is 42.5 Å². The fourth-order valence-electron chi connectivity index (χ4n) is 4.32. The SMILES string of the molecule is N#Cc1cc(Cl)cc2c1C[C@H](Nc1ncc3c(n1)CN(C1CCOC1)C3=O)C2. The molecule has 1 N–H and O–H groups in total. The molecule has 2 aromatic rings. The molecular formula is C20H18ClN5O2. The highest BCUT2D eigenvalue weighted by molar-refractivity contribution is 6.30. The molecule has 2 aliphatic heterocycles. The van der Waals surface area contributed by atoms with Gasteiger partial charge in [0.15, 0.2) is 0 Å². The molecule has 1 aromatic heterocycles. The minimum atomic E-state index is -0.0152. The Morgan fingerprint density at radius 3 is 3.04 bits per heavy atom. The lowest BCUT2D eigenvalue weighted by atomic mass is 10.0. The molecule has 1 fully saturated rings. The van der Waals surface area contributed by atoms with Crippen LogP contribution < -0.4 is 5.32 Å². The van der Waals surface area contributed by atoms with Crippen LogP contribution in [0.2, 0.25) is 5.02 Å². The third-order valence-electron chi connectivity index (χ3n) is 5.70. The van der Waals surface area contributed by atoms with Gasteiger partial charge in [0, 0.05) is 23.9 Å². The van der Waals surface area contributed by atoms with Gasteiger partial charge in [0.2, 0.25) is 5.95 Å². The van der Waals surface area contributed by atoms with Crippen molar-refractivity contribution in [3.8, 4) is 6.07 Å². The van der Waals surface area contributed by atoms with E-state index in [9.17, 15) is 10.1 Å². The number of hydrogen-bond donors (Lipinski definition) is 1. The van der Waals surface area contributed by atoms with Crippen LogP contribution in [0.15, 0.2) is 18.3 Å². The first kappa shape index (κ1) is 17.4. The van der Waals surface area contributed by atoms with Crippen LogP contribution in [0.4, 0.5) is 5.95 Å². The Labute approximate surface area is 167 Å². The normalized spacial score (nSPS) is 22.9. The molecule has 28 heavy (non-hydrogen) atoms. The highest BCUT2D eigenvalue weighted by atomic mass is 35.5. The highest BCUT2D eigenvalue weighted by Gasteiger charge is 2.36. The zero-order chi connectivity index (χ0) is 19.3. The maximum Gasteiger partial charge on any atom is 0.258 e. The van der Waals surface area contributed by atoms with E-state index in [1.165, 1.54) is 0 Å². The van der Waals surface area contributed by atoms with Crippen molar-refractivity contribution in [2.75, 3.05) is 18.5 Å². The van der Waals surface area contributed by atoms with Gasteiger partial charge in [0.25, 0.3) is 5.91 Å². The van der Waals surface area contributed by atoms with Crippen molar-refractivity contribution in [3.05, 3.63) is 51.3 Å². The van der Waals surface area contributed by atoms with Crippen molar-refractivity contribution in [3.63, 3.8) is 0 Å². The molecule has 3 aliphatic rings. The van der Waals surface area contributed by atoms with E-state index in [0.29, 0.717) is 41.9 Å². The molecule has 0 radical (unpaired) electrons. The number of carbonyl (C=O) groups is 1. The van der Waals surface area contributed by atoms with Crippen molar-refractivity contribution >= 4 is 23.5 Å².